The molecule has 3 N–H and O–H groups in total. The summed E-state index contributed by atoms with van der Waals surface area (Å²) in [7, 11) is 1.50. The van der Waals surface area contributed by atoms with Crippen LogP contribution in [-0.2, 0) is 6.42 Å². The van der Waals surface area contributed by atoms with Crippen molar-refractivity contribution < 1.29 is 14.3 Å². The van der Waals surface area contributed by atoms with Gasteiger partial charge in [0.25, 0.3) is 5.91 Å². The highest BCUT2D eigenvalue weighted by atomic mass is 35.5. The van der Waals surface area contributed by atoms with Crippen LogP contribution in [0.1, 0.15) is 15.9 Å². The second-order valence-corrected chi connectivity index (χ2v) is 6.00. The average molecular weight is 380 g/mol. The fourth-order valence-electron chi connectivity index (χ4n) is 2.20. The van der Waals surface area contributed by atoms with E-state index in [1.165, 1.54) is 7.11 Å². The molecule has 0 bridgehead atoms. The third-order valence-electron chi connectivity index (χ3n) is 3.50. The fraction of sp³-hybridized carbons (Fsp3) is 0.176. The normalized spacial score (nSPS) is 10.2. The van der Waals surface area contributed by atoms with E-state index in [9.17, 15) is 9.59 Å². The third kappa shape index (κ3) is 5.04. The van der Waals surface area contributed by atoms with Crippen LogP contribution >= 0.6 is 24.4 Å². The number of thiol groups is 1. The Bertz CT molecular complexity index is 768. The lowest BCUT2D eigenvalue weighted by atomic mass is 10.1. The summed E-state index contributed by atoms with van der Waals surface area (Å²) in [6.07, 6.45) is 0.623. The number of methoxy groups -OCH3 is 1. The maximum absolute atomic E-state index is 12.3. The Kier molecular flexibility index (Phi) is 6.55. The molecule has 2 aromatic rings. The first kappa shape index (κ1) is 19.0. The van der Waals surface area contributed by atoms with Crippen molar-refractivity contribution in [2.45, 2.75) is 6.42 Å². The van der Waals surface area contributed by atoms with Gasteiger partial charge >= 0.3 is 6.03 Å². The Balaban J connectivity index is 1.93. The Hall–Kier alpha value is -2.38. The Morgan fingerprint density at radius 3 is 2.52 bits per heavy atom. The Morgan fingerprint density at radius 2 is 1.92 bits per heavy atom. The lowest BCUT2D eigenvalue weighted by molar-refractivity contribution is 0.0951. The van der Waals surface area contributed by atoms with Gasteiger partial charge in [-0.3, -0.25) is 4.79 Å². The lowest BCUT2D eigenvalue weighted by Crippen LogP contribution is -2.27. The molecule has 0 fully saturated rings. The number of nitrogens with one attached hydrogen (secondary N) is 1. The highest BCUT2D eigenvalue weighted by molar-refractivity contribution is 7.82. The van der Waals surface area contributed by atoms with Gasteiger partial charge in [0, 0.05) is 11.6 Å². The summed E-state index contributed by atoms with van der Waals surface area (Å²) >= 11 is 9.92. The molecule has 25 heavy (non-hydrogen) atoms. The van der Waals surface area contributed by atoms with Crippen molar-refractivity contribution >= 4 is 42.0 Å². The van der Waals surface area contributed by atoms with Gasteiger partial charge in [-0.25, -0.2) is 9.10 Å². The number of urea groups is 1. The topological polar surface area (TPSA) is 84.7 Å². The van der Waals surface area contributed by atoms with E-state index in [-0.39, 0.29) is 5.91 Å². The molecule has 0 spiro atoms. The highest BCUT2D eigenvalue weighted by Gasteiger charge is 2.12. The summed E-state index contributed by atoms with van der Waals surface area (Å²) in [5, 5.41) is 3.29. The van der Waals surface area contributed by atoms with Crippen LogP contribution in [0.2, 0.25) is 5.02 Å². The minimum absolute atomic E-state index is 0.258. The number of nitrogens with two attached hydrogens (primary N) is 1. The van der Waals surface area contributed by atoms with Crippen LogP contribution in [0.3, 0.4) is 0 Å². The van der Waals surface area contributed by atoms with Crippen molar-refractivity contribution in [2.24, 2.45) is 5.73 Å². The van der Waals surface area contributed by atoms with E-state index in [0.29, 0.717) is 35.0 Å². The summed E-state index contributed by atoms with van der Waals surface area (Å²) in [6.45, 7) is 0.439. The second-order valence-electron chi connectivity index (χ2n) is 5.17. The van der Waals surface area contributed by atoms with Crippen molar-refractivity contribution in [2.75, 3.05) is 18.0 Å². The van der Waals surface area contributed by atoms with Gasteiger partial charge in [-0.2, -0.15) is 0 Å². The summed E-state index contributed by atoms with van der Waals surface area (Å²) in [4.78, 5) is 23.3. The zero-order chi connectivity index (χ0) is 18.4. The number of rotatable bonds is 6. The van der Waals surface area contributed by atoms with Crippen LogP contribution in [0.5, 0.6) is 5.75 Å². The van der Waals surface area contributed by atoms with Crippen LogP contribution in [0.4, 0.5) is 10.5 Å². The standard InChI is InChI=1S/C17H18ClN3O3S/c1-24-15-7-4-12(18)10-14(15)16(22)20-9-8-11-2-5-13(6-3-11)21(25)17(19)23/h2-7,10,25H,8-9H2,1H3,(H2,19,23)(H,20,22). The van der Waals surface area contributed by atoms with Gasteiger partial charge in [0.1, 0.15) is 5.75 Å². The maximum atomic E-state index is 12.3. The molecule has 6 nitrogen and oxygen atoms in total. The average Bonchev–Trinajstić information content (AvgIpc) is 2.61. The van der Waals surface area contributed by atoms with Crippen molar-refractivity contribution in [3.63, 3.8) is 0 Å². The van der Waals surface area contributed by atoms with E-state index in [4.69, 9.17) is 22.1 Å². The van der Waals surface area contributed by atoms with Crippen LogP contribution in [-0.4, -0.2) is 25.6 Å². The minimum Gasteiger partial charge on any atom is -0.496 e. The summed E-state index contributed by atoms with van der Waals surface area (Å²) < 4.78 is 6.22. The first-order chi connectivity index (χ1) is 11.9. The number of benzene rings is 2. The van der Waals surface area contributed by atoms with Crippen molar-refractivity contribution in [3.8, 4) is 5.75 Å². The van der Waals surface area contributed by atoms with Crippen molar-refractivity contribution in [1.29, 1.82) is 0 Å². The number of ether oxygens (including phenoxy) is 1. The van der Waals surface area contributed by atoms with E-state index >= 15 is 0 Å². The molecule has 0 aliphatic carbocycles. The van der Waals surface area contributed by atoms with E-state index in [1.807, 2.05) is 12.1 Å². The number of nitrogens with zero attached hydrogens (tertiary/aromatic N) is 1. The van der Waals surface area contributed by atoms with E-state index in [1.54, 1.807) is 30.3 Å². The molecule has 0 atom stereocenters. The number of anilines is 1. The molecule has 132 valence electrons. The molecule has 0 aromatic heterocycles. The zero-order valence-electron chi connectivity index (χ0n) is 13.5. The number of hydrogen-bond acceptors (Lipinski definition) is 4. The number of halogens is 1. The number of carbonyl (C=O) groups excluding carboxylic acids is 2. The molecular weight excluding hydrogens is 362 g/mol. The maximum Gasteiger partial charge on any atom is 0.329 e. The van der Waals surface area contributed by atoms with Gasteiger partial charge in [-0.1, -0.05) is 36.5 Å². The van der Waals surface area contributed by atoms with Gasteiger partial charge in [0.2, 0.25) is 0 Å². The molecular formula is C17H18ClN3O3S. The Morgan fingerprint density at radius 1 is 1.24 bits per heavy atom. The highest BCUT2D eigenvalue weighted by Crippen LogP contribution is 2.22. The number of hydrogen-bond donors (Lipinski definition) is 3. The molecule has 8 heteroatoms. The lowest BCUT2D eigenvalue weighted by Gasteiger charge is -2.13. The summed E-state index contributed by atoms with van der Waals surface area (Å²) in [5.74, 6) is 0.206. The summed E-state index contributed by atoms with van der Waals surface area (Å²) in [6, 6.07) is 11.4. The molecule has 0 radical (unpaired) electrons. The van der Waals surface area contributed by atoms with Gasteiger partial charge in [0.15, 0.2) is 0 Å². The predicted octanol–water partition coefficient (Wildman–Crippen LogP) is 3.05. The molecule has 0 saturated carbocycles. The van der Waals surface area contributed by atoms with Gasteiger partial charge < -0.3 is 15.8 Å². The number of carbonyl (C=O) groups is 2. The monoisotopic (exact) mass is 379 g/mol. The van der Waals surface area contributed by atoms with Gasteiger partial charge in [0.05, 0.1) is 18.4 Å². The minimum atomic E-state index is -0.654. The van der Waals surface area contributed by atoms with Gasteiger partial charge in [-0.15, -0.1) is 0 Å². The first-order valence-electron chi connectivity index (χ1n) is 7.41. The second kappa shape index (κ2) is 8.64. The Labute approximate surface area is 156 Å². The third-order valence-corrected chi connectivity index (χ3v) is 4.16. The quantitative estimate of drug-likeness (QED) is 0.674. The van der Waals surface area contributed by atoms with Gasteiger partial charge in [-0.05, 0) is 42.3 Å². The van der Waals surface area contributed by atoms with Crippen LogP contribution < -0.4 is 20.1 Å². The van der Waals surface area contributed by atoms with E-state index in [0.717, 1.165) is 9.87 Å². The fourth-order valence-corrected chi connectivity index (χ4v) is 2.51. The smallest absolute Gasteiger partial charge is 0.329 e. The molecule has 2 aromatic carbocycles. The summed E-state index contributed by atoms with van der Waals surface area (Å²) in [5.41, 5.74) is 7.11. The van der Waals surface area contributed by atoms with Crippen LogP contribution in [0.15, 0.2) is 42.5 Å². The predicted molar refractivity (Wildman–Crippen MR) is 102 cm³/mol. The first-order valence-corrected chi connectivity index (χ1v) is 8.19. The van der Waals surface area contributed by atoms with Crippen LogP contribution in [0.25, 0.3) is 0 Å². The number of amides is 3. The molecule has 0 saturated heterocycles. The molecule has 2 rings (SSSR count). The molecule has 0 heterocycles. The van der Waals surface area contributed by atoms with Crippen molar-refractivity contribution in [1.82, 2.24) is 5.32 Å². The largest absolute Gasteiger partial charge is 0.496 e. The molecule has 0 aliphatic heterocycles. The van der Waals surface area contributed by atoms with E-state index in [2.05, 4.69) is 18.1 Å². The number of primary amides is 1. The van der Waals surface area contributed by atoms with Crippen LogP contribution in [0, 0.1) is 0 Å². The van der Waals surface area contributed by atoms with Crippen molar-refractivity contribution in [3.05, 3.63) is 58.6 Å². The molecule has 0 aliphatic rings. The van der Waals surface area contributed by atoms with E-state index < -0.39 is 6.03 Å². The zero-order valence-corrected chi connectivity index (χ0v) is 15.2. The SMILES string of the molecule is COc1ccc(Cl)cc1C(=O)NCCc1ccc(N(S)C(N)=O)cc1. The molecule has 3 amide bonds. The molecule has 0 unspecified atom stereocenters.